The first-order chi connectivity index (χ1) is 14.2. The minimum Gasteiger partial charge on any atom is -0.459 e. The summed E-state index contributed by atoms with van der Waals surface area (Å²) in [4.78, 5) is 33.1. The van der Waals surface area contributed by atoms with Crippen LogP contribution in [0.1, 0.15) is 28.0 Å². The first-order valence-electron chi connectivity index (χ1n) is 10.1. The number of amides is 2. The zero-order valence-electron chi connectivity index (χ0n) is 16.7. The SMILES string of the molecule is CCN1CCN(c2ccc(C(=O)N3CCN(C(=O)c4ccco4)CC3)nn2)CC1. The monoisotopic (exact) mass is 398 g/mol. The molecule has 0 radical (unpaired) electrons. The third kappa shape index (κ3) is 4.24. The minimum absolute atomic E-state index is 0.144. The third-order valence-electron chi connectivity index (χ3n) is 5.60. The molecule has 9 nitrogen and oxygen atoms in total. The highest BCUT2D eigenvalue weighted by Gasteiger charge is 2.27. The van der Waals surface area contributed by atoms with E-state index in [1.54, 1.807) is 28.0 Å². The van der Waals surface area contributed by atoms with Crippen molar-refractivity contribution >= 4 is 17.6 Å². The quantitative estimate of drug-likeness (QED) is 0.753. The third-order valence-corrected chi connectivity index (χ3v) is 5.60. The van der Waals surface area contributed by atoms with Crippen LogP contribution in [0.3, 0.4) is 0 Å². The molecule has 0 unspecified atom stereocenters. The molecule has 2 aliphatic rings. The number of likely N-dealkylation sites (N-methyl/N-ethyl adjacent to an activating group) is 1. The number of anilines is 1. The lowest BCUT2D eigenvalue weighted by atomic mass is 10.2. The molecule has 0 aromatic carbocycles. The second-order valence-corrected chi connectivity index (χ2v) is 7.26. The molecular weight excluding hydrogens is 372 g/mol. The molecule has 29 heavy (non-hydrogen) atoms. The van der Waals surface area contributed by atoms with Gasteiger partial charge in [-0.1, -0.05) is 6.92 Å². The fourth-order valence-electron chi connectivity index (χ4n) is 3.73. The molecule has 0 spiro atoms. The van der Waals surface area contributed by atoms with Gasteiger partial charge in [0.1, 0.15) is 0 Å². The van der Waals surface area contributed by atoms with Crippen LogP contribution >= 0.6 is 0 Å². The topological polar surface area (TPSA) is 86.0 Å². The van der Waals surface area contributed by atoms with Crippen LogP contribution in [0.2, 0.25) is 0 Å². The molecule has 2 fully saturated rings. The van der Waals surface area contributed by atoms with E-state index >= 15 is 0 Å². The summed E-state index contributed by atoms with van der Waals surface area (Å²) in [5, 5.41) is 8.45. The fourth-order valence-corrected chi connectivity index (χ4v) is 3.73. The van der Waals surface area contributed by atoms with Crippen LogP contribution in [0.4, 0.5) is 5.82 Å². The molecule has 2 aromatic rings. The van der Waals surface area contributed by atoms with Crippen LogP contribution in [0.25, 0.3) is 0 Å². The van der Waals surface area contributed by atoms with Crippen LogP contribution in [-0.4, -0.2) is 95.6 Å². The molecule has 2 amide bonds. The van der Waals surface area contributed by atoms with Gasteiger partial charge >= 0.3 is 0 Å². The van der Waals surface area contributed by atoms with Crippen LogP contribution in [0.15, 0.2) is 34.9 Å². The second kappa shape index (κ2) is 8.60. The van der Waals surface area contributed by atoms with Crippen LogP contribution in [0, 0.1) is 0 Å². The van der Waals surface area contributed by atoms with Crippen molar-refractivity contribution in [2.45, 2.75) is 6.92 Å². The lowest BCUT2D eigenvalue weighted by molar-refractivity contribution is 0.0514. The van der Waals surface area contributed by atoms with Crippen molar-refractivity contribution < 1.29 is 14.0 Å². The Morgan fingerprint density at radius 3 is 2.14 bits per heavy atom. The molecule has 0 bridgehead atoms. The van der Waals surface area contributed by atoms with E-state index in [2.05, 4.69) is 26.9 Å². The summed E-state index contributed by atoms with van der Waals surface area (Å²) in [6, 6.07) is 6.97. The van der Waals surface area contributed by atoms with E-state index in [4.69, 9.17) is 4.42 Å². The van der Waals surface area contributed by atoms with Crippen molar-refractivity contribution in [3.8, 4) is 0 Å². The smallest absolute Gasteiger partial charge is 0.289 e. The first kappa shape index (κ1) is 19.4. The number of carbonyl (C=O) groups excluding carboxylic acids is 2. The molecule has 0 N–H and O–H groups in total. The highest BCUT2D eigenvalue weighted by Crippen LogP contribution is 2.15. The lowest BCUT2D eigenvalue weighted by Gasteiger charge is -2.35. The van der Waals surface area contributed by atoms with Crippen molar-refractivity contribution in [2.75, 3.05) is 63.8 Å². The van der Waals surface area contributed by atoms with Gasteiger partial charge in [0.25, 0.3) is 11.8 Å². The Kier molecular flexibility index (Phi) is 5.75. The highest BCUT2D eigenvalue weighted by atomic mass is 16.3. The van der Waals surface area contributed by atoms with Gasteiger partial charge in [0, 0.05) is 52.4 Å². The molecule has 2 aliphatic heterocycles. The zero-order valence-corrected chi connectivity index (χ0v) is 16.7. The van der Waals surface area contributed by atoms with Crippen molar-refractivity contribution in [1.29, 1.82) is 0 Å². The van der Waals surface area contributed by atoms with Gasteiger partial charge in [-0.2, -0.15) is 0 Å². The molecule has 2 saturated heterocycles. The molecule has 0 saturated carbocycles. The summed E-state index contributed by atoms with van der Waals surface area (Å²) < 4.78 is 5.17. The van der Waals surface area contributed by atoms with Gasteiger partial charge < -0.3 is 24.0 Å². The number of nitrogens with zero attached hydrogens (tertiary/aromatic N) is 6. The molecule has 0 aliphatic carbocycles. The summed E-state index contributed by atoms with van der Waals surface area (Å²) in [6.45, 7) is 8.97. The number of carbonyl (C=O) groups is 2. The first-order valence-corrected chi connectivity index (χ1v) is 10.1. The Balaban J connectivity index is 1.31. The second-order valence-electron chi connectivity index (χ2n) is 7.26. The zero-order chi connectivity index (χ0) is 20.2. The van der Waals surface area contributed by atoms with E-state index in [-0.39, 0.29) is 11.8 Å². The molecule has 9 heteroatoms. The number of furan rings is 1. The van der Waals surface area contributed by atoms with Crippen molar-refractivity contribution in [2.24, 2.45) is 0 Å². The van der Waals surface area contributed by atoms with E-state index in [1.807, 2.05) is 6.07 Å². The van der Waals surface area contributed by atoms with Gasteiger partial charge in [0.2, 0.25) is 0 Å². The number of aromatic nitrogens is 2. The largest absolute Gasteiger partial charge is 0.459 e. The Labute approximate surface area is 169 Å². The number of rotatable bonds is 4. The number of hydrogen-bond donors (Lipinski definition) is 0. The van der Waals surface area contributed by atoms with Crippen molar-refractivity contribution in [3.05, 3.63) is 42.0 Å². The van der Waals surface area contributed by atoms with Gasteiger partial charge in [-0.15, -0.1) is 10.2 Å². The summed E-state index contributed by atoms with van der Waals surface area (Å²) in [6.07, 6.45) is 1.49. The molecule has 4 rings (SSSR count). The van der Waals surface area contributed by atoms with Crippen molar-refractivity contribution in [3.63, 3.8) is 0 Å². The van der Waals surface area contributed by atoms with Crippen LogP contribution < -0.4 is 4.90 Å². The normalized spacial score (nSPS) is 18.2. The fraction of sp³-hybridized carbons (Fsp3) is 0.500. The number of piperazine rings is 2. The summed E-state index contributed by atoms with van der Waals surface area (Å²) in [7, 11) is 0. The Morgan fingerprint density at radius 1 is 0.897 bits per heavy atom. The minimum atomic E-state index is -0.148. The van der Waals surface area contributed by atoms with Gasteiger partial charge in [0.15, 0.2) is 17.3 Å². The maximum Gasteiger partial charge on any atom is 0.289 e. The lowest BCUT2D eigenvalue weighted by Crippen LogP contribution is -2.50. The van der Waals surface area contributed by atoms with Gasteiger partial charge in [-0.25, -0.2) is 0 Å². The van der Waals surface area contributed by atoms with Gasteiger partial charge in [0.05, 0.1) is 6.26 Å². The molecular formula is C20H26N6O3. The standard InChI is InChI=1S/C20H26N6O3/c1-2-23-7-9-24(10-8-23)18-6-5-16(21-22-18)19(27)25-11-13-26(14-12-25)20(28)17-4-3-15-29-17/h3-6,15H,2,7-14H2,1H3. The van der Waals surface area contributed by atoms with E-state index < -0.39 is 0 Å². The van der Waals surface area contributed by atoms with E-state index in [9.17, 15) is 9.59 Å². The summed E-state index contributed by atoms with van der Waals surface area (Å²) in [5.74, 6) is 0.844. The Hall–Kier alpha value is -2.94. The molecule has 2 aromatic heterocycles. The van der Waals surface area contributed by atoms with Crippen molar-refractivity contribution in [1.82, 2.24) is 24.9 Å². The van der Waals surface area contributed by atoms with Crippen LogP contribution in [0.5, 0.6) is 0 Å². The van der Waals surface area contributed by atoms with E-state index in [0.29, 0.717) is 37.6 Å². The van der Waals surface area contributed by atoms with Gasteiger partial charge in [-0.05, 0) is 30.8 Å². The Bertz CT molecular complexity index is 822. The summed E-state index contributed by atoms with van der Waals surface area (Å²) >= 11 is 0. The summed E-state index contributed by atoms with van der Waals surface area (Å²) in [5.41, 5.74) is 0.340. The van der Waals surface area contributed by atoms with E-state index in [0.717, 1.165) is 38.5 Å². The molecule has 4 heterocycles. The number of hydrogen-bond acceptors (Lipinski definition) is 7. The Morgan fingerprint density at radius 2 is 1.59 bits per heavy atom. The maximum absolute atomic E-state index is 12.8. The molecule has 0 atom stereocenters. The molecule has 154 valence electrons. The predicted octanol–water partition coefficient (Wildman–Crippen LogP) is 0.810. The maximum atomic E-state index is 12.8. The average molecular weight is 398 g/mol. The van der Waals surface area contributed by atoms with Crippen LogP contribution in [-0.2, 0) is 0 Å². The average Bonchev–Trinajstić information content (AvgIpc) is 3.33. The van der Waals surface area contributed by atoms with Gasteiger partial charge in [-0.3, -0.25) is 9.59 Å². The van der Waals surface area contributed by atoms with E-state index in [1.165, 1.54) is 6.26 Å². The highest BCUT2D eigenvalue weighted by molar-refractivity contribution is 5.93. The predicted molar refractivity (Wildman–Crippen MR) is 107 cm³/mol.